The molecule has 0 heterocycles. The van der Waals surface area contributed by atoms with Crippen molar-refractivity contribution in [2.75, 3.05) is 6.16 Å². The van der Waals surface area contributed by atoms with Crippen molar-refractivity contribution >= 4 is 13.5 Å². The molecule has 8 heavy (non-hydrogen) atoms. The average molecular weight is 132 g/mol. The average Bonchev–Trinajstić information content (AvgIpc) is 1.83. The molecule has 2 N–H and O–H groups in total. The predicted octanol–water partition coefficient (Wildman–Crippen LogP) is 1.96. The van der Waals surface area contributed by atoms with Crippen LogP contribution < -0.4 is 5.50 Å². The SMILES string of the molecule is CC=[P+](N)CCCC. The Kier molecular flexibility index (Phi) is 5.36. The molecular weight excluding hydrogens is 117 g/mol. The van der Waals surface area contributed by atoms with E-state index >= 15 is 0 Å². The smallest absolute Gasteiger partial charge is 0.157 e. The fourth-order valence-electron chi connectivity index (χ4n) is 0.470. The minimum absolute atomic E-state index is 0.209. The van der Waals surface area contributed by atoms with Gasteiger partial charge in [0.1, 0.15) is 12.0 Å². The first-order chi connectivity index (χ1) is 3.81. The van der Waals surface area contributed by atoms with Crippen LogP contribution in [0.3, 0.4) is 0 Å². The van der Waals surface area contributed by atoms with Gasteiger partial charge < -0.3 is 0 Å². The summed E-state index contributed by atoms with van der Waals surface area (Å²) in [6, 6.07) is 0. The van der Waals surface area contributed by atoms with Gasteiger partial charge in [-0.3, -0.25) is 0 Å². The van der Waals surface area contributed by atoms with Crippen LogP contribution in [0.5, 0.6) is 0 Å². The third kappa shape index (κ3) is 4.29. The molecule has 0 aliphatic carbocycles. The zero-order chi connectivity index (χ0) is 6.41. The summed E-state index contributed by atoms with van der Waals surface area (Å²) in [4.78, 5) is 0. The molecule has 0 fully saturated rings. The van der Waals surface area contributed by atoms with Crippen LogP contribution in [0.15, 0.2) is 0 Å². The number of hydrogen-bond donors (Lipinski definition) is 1. The summed E-state index contributed by atoms with van der Waals surface area (Å²) in [5.74, 6) is 2.12. The molecule has 1 unspecified atom stereocenters. The Morgan fingerprint density at radius 1 is 1.62 bits per heavy atom. The third-order valence-electron chi connectivity index (χ3n) is 1.10. The largest absolute Gasteiger partial charge is 0.174 e. The second kappa shape index (κ2) is 5.27. The zero-order valence-electron chi connectivity index (χ0n) is 5.72. The number of nitrogens with two attached hydrogens (primary N) is 1. The molecule has 0 aromatic rings. The Hall–Kier alpha value is 0.130. The second-order valence-corrected chi connectivity index (χ2v) is 3.84. The van der Waals surface area contributed by atoms with Gasteiger partial charge in [0.2, 0.25) is 0 Å². The second-order valence-electron chi connectivity index (χ2n) is 1.85. The van der Waals surface area contributed by atoms with Gasteiger partial charge in [-0.25, -0.2) is 0 Å². The van der Waals surface area contributed by atoms with E-state index in [0.717, 1.165) is 0 Å². The lowest BCUT2D eigenvalue weighted by Crippen LogP contribution is -1.86. The van der Waals surface area contributed by atoms with Crippen molar-refractivity contribution in [3.05, 3.63) is 0 Å². The highest BCUT2D eigenvalue weighted by molar-refractivity contribution is 7.54. The standard InChI is InChI=1S/C6H15NP/c1-3-5-6-8(7)4-2/h4H,3,5-7H2,1-2H3/q+1. The molecule has 2 heteroatoms. The van der Waals surface area contributed by atoms with Gasteiger partial charge in [-0.1, -0.05) is 13.3 Å². The lowest BCUT2D eigenvalue weighted by Gasteiger charge is -1.83. The van der Waals surface area contributed by atoms with Gasteiger partial charge in [-0.2, -0.15) is 5.50 Å². The topological polar surface area (TPSA) is 26.0 Å². The van der Waals surface area contributed by atoms with Crippen molar-refractivity contribution in [3.63, 3.8) is 0 Å². The van der Waals surface area contributed by atoms with E-state index in [0.29, 0.717) is 0 Å². The molecule has 0 rings (SSSR count). The highest BCUT2D eigenvalue weighted by Crippen LogP contribution is 2.11. The molecule has 0 saturated carbocycles. The highest BCUT2D eigenvalue weighted by Gasteiger charge is 1.96. The van der Waals surface area contributed by atoms with Gasteiger partial charge in [-0.05, 0) is 13.3 Å². The lowest BCUT2D eigenvalue weighted by atomic mass is 10.4. The highest BCUT2D eigenvalue weighted by atomic mass is 31.1. The van der Waals surface area contributed by atoms with Crippen molar-refractivity contribution in [3.8, 4) is 0 Å². The van der Waals surface area contributed by atoms with Crippen molar-refractivity contribution in [2.24, 2.45) is 5.50 Å². The summed E-state index contributed by atoms with van der Waals surface area (Å²) in [5, 5.41) is 0. The van der Waals surface area contributed by atoms with Crippen LogP contribution in [0.2, 0.25) is 0 Å². The number of hydrogen-bond acceptors (Lipinski definition) is 1. The molecule has 0 radical (unpaired) electrons. The maximum absolute atomic E-state index is 5.67. The summed E-state index contributed by atoms with van der Waals surface area (Å²) >= 11 is 0. The molecule has 1 nitrogen and oxygen atoms in total. The Morgan fingerprint density at radius 3 is 2.62 bits per heavy atom. The Labute approximate surface area is 52.7 Å². The van der Waals surface area contributed by atoms with E-state index in [1.165, 1.54) is 19.0 Å². The van der Waals surface area contributed by atoms with Crippen LogP contribution >= 0.6 is 7.70 Å². The van der Waals surface area contributed by atoms with Crippen LogP contribution in [0.1, 0.15) is 26.7 Å². The normalized spacial score (nSPS) is 12.1. The summed E-state index contributed by atoms with van der Waals surface area (Å²) in [6.07, 6.45) is 3.76. The predicted molar refractivity (Wildman–Crippen MR) is 42.6 cm³/mol. The van der Waals surface area contributed by atoms with Gasteiger partial charge in [0.25, 0.3) is 0 Å². The maximum Gasteiger partial charge on any atom is 0.174 e. The third-order valence-corrected chi connectivity index (χ3v) is 2.60. The van der Waals surface area contributed by atoms with E-state index in [2.05, 4.69) is 12.7 Å². The quantitative estimate of drug-likeness (QED) is 0.583. The van der Waals surface area contributed by atoms with E-state index in [4.69, 9.17) is 5.50 Å². The fourth-order valence-corrected chi connectivity index (χ4v) is 1.41. The van der Waals surface area contributed by atoms with E-state index in [-0.39, 0.29) is 7.70 Å². The van der Waals surface area contributed by atoms with Crippen molar-refractivity contribution in [1.29, 1.82) is 0 Å². The lowest BCUT2D eigenvalue weighted by molar-refractivity contribution is 0.893. The van der Waals surface area contributed by atoms with Crippen LogP contribution in [0.25, 0.3) is 0 Å². The molecule has 0 spiro atoms. The van der Waals surface area contributed by atoms with Gasteiger partial charge in [0.15, 0.2) is 7.70 Å². The molecule has 0 aromatic carbocycles. The minimum Gasteiger partial charge on any atom is -0.157 e. The van der Waals surface area contributed by atoms with Crippen molar-refractivity contribution in [2.45, 2.75) is 26.7 Å². The summed E-state index contributed by atoms with van der Waals surface area (Å²) in [5.41, 5.74) is 5.67. The molecule has 0 aliphatic rings. The van der Waals surface area contributed by atoms with Gasteiger partial charge >= 0.3 is 0 Å². The van der Waals surface area contributed by atoms with E-state index in [9.17, 15) is 0 Å². The minimum atomic E-state index is -0.209. The number of unbranched alkanes of at least 4 members (excludes halogenated alkanes) is 1. The number of rotatable bonds is 3. The van der Waals surface area contributed by atoms with Crippen LogP contribution in [-0.4, -0.2) is 12.0 Å². The molecule has 0 saturated heterocycles. The maximum atomic E-state index is 5.67. The van der Waals surface area contributed by atoms with Crippen LogP contribution in [0, 0.1) is 0 Å². The molecule has 0 aliphatic heterocycles. The Bertz CT molecular complexity index is 78.6. The van der Waals surface area contributed by atoms with Crippen molar-refractivity contribution < 1.29 is 0 Å². The molecule has 0 amide bonds. The van der Waals surface area contributed by atoms with E-state index in [1.54, 1.807) is 0 Å². The molecule has 48 valence electrons. The van der Waals surface area contributed by atoms with E-state index in [1.807, 2.05) is 6.92 Å². The first-order valence-corrected chi connectivity index (χ1v) is 4.78. The monoisotopic (exact) mass is 132 g/mol. The summed E-state index contributed by atoms with van der Waals surface area (Å²) in [7, 11) is -0.209. The first kappa shape index (κ1) is 8.13. The van der Waals surface area contributed by atoms with Crippen LogP contribution in [-0.2, 0) is 0 Å². The van der Waals surface area contributed by atoms with E-state index < -0.39 is 0 Å². The van der Waals surface area contributed by atoms with Gasteiger partial charge in [-0.15, -0.1) is 0 Å². The molecule has 0 bridgehead atoms. The summed E-state index contributed by atoms with van der Waals surface area (Å²) < 4.78 is 0. The summed E-state index contributed by atoms with van der Waals surface area (Å²) in [6.45, 7) is 4.24. The van der Waals surface area contributed by atoms with Gasteiger partial charge in [0, 0.05) is 0 Å². The first-order valence-electron chi connectivity index (χ1n) is 3.12. The molecular formula is C6H15NP+. The van der Waals surface area contributed by atoms with Crippen molar-refractivity contribution in [1.82, 2.24) is 0 Å². The van der Waals surface area contributed by atoms with Gasteiger partial charge in [0.05, 0.1) is 0 Å². The Morgan fingerprint density at radius 2 is 2.25 bits per heavy atom. The Balaban J connectivity index is 3.12. The molecule has 1 atom stereocenters. The molecule has 0 aromatic heterocycles. The zero-order valence-corrected chi connectivity index (χ0v) is 6.62. The fraction of sp³-hybridized carbons (Fsp3) is 0.833. The van der Waals surface area contributed by atoms with Crippen LogP contribution in [0.4, 0.5) is 0 Å².